The minimum atomic E-state index is -0.336. The summed E-state index contributed by atoms with van der Waals surface area (Å²) in [6, 6.07) is 9.92. The van der Waals surface area contributed by atoms with Crippen LogP contribution in [0.2, 0.25) is 0 Å². The Morgan fingerprint density at radius 3 is 2.47 bits per heavy atom. The van der Waals surface area contributed by atoms with Gasteiger partial charge in [0, 0.05) is 0 Å². The summed E-state index contributed by atoms with van der Waals surface area (Å²) in [5, 5.41) is 12.4. The number of benzene rings is 1. The highest BCUT2D eigenvalue weighted by atomic mass is 16.3. The van der Waals surface area contributed by atoms with Crippen LogP contribution in [0.4, 0.5) is 0 Å². The quantitative estimate of drug-likeness (QED) is 0.826. The lowest BCUT2D eigenvalue weighted by Crippen LogP contribution is -2.43. The molecule has 0 aliphatic heterocycles. The topological polar surface area (TPSA) is 49.3 Å². The summed E-state index contributed by atoms with van der Waals surface area (Å²) in [5.41, 5.74) is 0.723. The van der Waals surface area contributed by atoms with E-state index in [1.165, 1.54) is 0 Å². The van der Waals surface area contributed by atoms with Gasteiger partial charge in [-0.05, 0) is 24.3 Å². The fraction of sp³-hybridized carbons (Fsp3) is 0.562. The molecule has 1 aliphatic carbocycles. The molecule has 1 aromatic rings. The number of amides is 1. The van der Waals surface area contributed by atoms with E-state index in [2.05, 4.69) is 19.2 Å². The molecule has 104 valence electrons. The smallest absolute Gasteiger partial charge is 0.228 e. The molecule has 3 heteroatoms. The van der Waals surface area contributed by atoms with Crippen molar-refractivity contribution < 1.29 is 9.90 Å². The Balaban J connectivity index is 2.16. The van der Waals surface area contributed by atoms with Crippen LogP contribution >= 0.6 is 0 Å². The Morgan fingerprint density at radius 2 is 2.00 bits per heavy atom. The molecule has 2 rings (SSSR count). The van der Waals surface area contributed by atoms with E-state index in [-0.39, 0.29) is 29.9 Å². The van der Waals surface area contributed by atoms with Crippen LogP contribution in [0.5, 0.6) is 0 Å². The minimum absolute atomic E-state index is 0.0424. The first kappa shape index (κ1) is 14.1. The molecule has 0 heterocycles. The van der Waals surface area contributed by atoms with E-state index in [0.29, 0.717) is 0 Å². The van der Waals surface area contributed by atoms with E-state index in [4.69, 9.17) is 0 Å². The number of carbonyl (C=O) groups excluding carboxylic acids is 1. The van der Waals surface area contributed by atoms with Gasteiger partial charge < -0.3 is 10.4 Å². The van der Waals surface area contributed by atoms with Crippen LogP contribution in [0.15, 0.2) is 30.3 Å². The molecule has 1 fully saturated rings. The number of hydrogen-bond donors (Lipinski definition) is 2. The van der Waals surface area contributed by atoms with Crippen molar-refractivity contribution in [1.29, 1.82) is 0 Å². The first-order chi connectivity index (χ1) is 9.12. The van der Waals surface area contributed by atoms with Crippen molar-refractivity contribution in [3.63, 3.8) is 0 Å². The Hall–Kier alpha value is -1.35. The number of hydrogen-bond acceptors (Lipinski definition) is 2. The lowest BCUT2D eigenvalue weighted by atomic mass is 9.84. The third kappa shape index (κ3) is 3.16. The molecule has 2 atom stereocenters. The van der Waals surface area contributed by atoms with E-state index in [9.17, 15) is 9.90 Å². The van der Waals surface area contributed by atoms with E-state index >= 15 is 0 Å². The Labute approximate surface area is 115 Å². The molecular weight excluding hydrogens is 238 g/mol. The number of rotatable bonds is 6. The molecule has 0 aromatic heterocycles. The van der Waals surface area contributed by atoms with Crippen molar-refractivity contribution in [3.8, 4) is 0 Å². The fourth-order valence-electron chi connectivity index (χ4n) is 2.45. The van der Waals surface area contributed by atoms with E-state index in [1.807, 2.05) is 30.3 Å². The van der Waals surface area contributed by atoms with Crippen LogP contribution in [0, 0.1) is 5.92 Å². The first-order valence-corrected chi connectivity index (χ1v) is 7.10. The molecule has 1 aliphatic rings. The van der Waals surface area contributed by atoms with Crippen LogP contribution in [-0.2, 0) is 4.79 Å². The van der Waals surface area contributed by atoms with E-state index in [0.717, 1.165) is 24.8 Å². The number of carbonyl (C=O) groups is 1. The predicted octanol–water partition coefficient (Wildman–Crippen LogP) is 2.46. The first-order valence-electron chi connectivity index (χ1n) is 7.10. The van der Waals surface area contributed by atoms with Gasteiger partial charge in [0.2, 0.25) is 5.91 Å². The second-order valence-corrected chi connectivity index (χ2v) is 5.70. The van der Waals surface area contributed by atoms with Gasteiger partial charge >= 0.3 is 0 Å². The molecule has 3 nitrogen and oxygen atoms in total. The molecule has 0 radical (unpaired) electrons. The summed E-state index contributed by atoms with van der Waals surface area (Å²) >= 11 is 0. The second kappa shape index (κ2) is 5.74. The molecular formula is C16H23NO2. The molecule has 0 saturated heterocycles. The highest BCUT2D eigenvalue weighted by Gasteiger charge is 2.44. The molecule has 19 heavy (non-hydrogen) atoms. The lowest BCUT2D eigenvalue weighted by molar-refractivity contribution is -0.125. The van der Waals surface area contributed by atoms with Crippen LogP contribution in [0.3, 0.4) is 0 Å². The highest BCUT2D eigenvalue weighted by molar-refractivity contribution is 5.85. The Kier molecular flexibility index (Phi) is 4.25. The average Bonchev–Trinajstić information content (AvgIpc) is 3.20. The van der Waals surface area contributed by atoms with Gasteiger partial charge in [-0.25, -0.2) is 0 Å². The van der Waals surface area contributed by atoms with E-state index < -0.39 is 0 Å². The van der Waals surface area contributed by atoms with Gasteiger partial charge in [0.15, 0.2) is 0 Å². The summed E-state index contributed by atoms with van der Waals surface area (Å²) in [5.74, 6) is 0.208. The van der Waals surface area contributed by atoms with Gasteiger partial charge in [0.1, 0.15) is 0 Å². The zero-order valence-corrected chi connectivity index (χ0v) is 11.7. The maximum atomic E-state index is 12.5. The Bertz CT molecular complexity index is 426. The molecule has 2 unspecified atom stereocenters. The molecule has 1 saturated carbocycles. The van der Waals surface area contributed by atoms with Gasteiger partial charge in [-0.15, -0.1) is 0 Å². The van der Waals surface area contributed by atoms with Crippen LogP contribution in [0.25, 0.3) is 0 Å². The maximum absolute atomic E-state index is 12.5. The minimum Gasteiger partial charge on any atom is -0.394 e. The van der Waals surface area contributed by atoms with Gasteiger partial charge in [-0.3, -0.25) is 4.79 Å². The van der Waals surface area contributed by atoms with Crippen molar-refractivity contribution in [1.82, 2.24) is 5.32 Å². The zero-order valence-electron chi connectivity index (χ0n) is 11.7. The van der Waals surface area contributed by atoms with Crippen molar-refractivity contribution in [2.75, 3.05) is 6.61 Å². The third-order valence-corrected chi connectivity index (χ3v) is 4.20. The summed E-state index contributed by atoms with van der Waals surface area (Å²) in [7, 11) is 0. The SMILES string of the molecule is CCC(C)C(C(=O)NC1(CO)CC1)c1ccccc1. The normalized spacial score (nSPS) is 19.5. The number of aliphatic hydroxyl groups is 1. The molecule has 2 N–H and O–H groups in total. The van der Waals surface area contributed by atoms with Gasteiger partial charge in [0.25, 0.3) is 0 Å². The molecule has 0 spiro atoms. The number of aliphatic hydroxyl groups excluding tert-OH is 1. The summed E-state index contributed by atoms with van der Waals surface area (Å²) in [4.78, 5) is 12.5. The zero-order chi connectivity index (χ0) is 13.9. The summed E-state index contributed by atoms with van der Waals surface area (Å²) in [6.07, 6.45) is 2.73. The van der Waals surface area contributed by atoms with Crippen molar-refractivity contribution in [3.05, 3.63) is 35.9 Å². The molecule has 0 bridgehead atoms. The number of nitrogens with one attached hydrogen (secondary N) is 1. The van der Waals surface area contributed by atoms with Crippen LogP contribution in [0.1, 0.15) is 44.6 Å². The van der Waals surface area contributed by atoms with Crippen LogP contribution < -0.4 is 5.32 Å². The second-order valence-electron chi connectivity index (χ2n) is 5.70. The lowest BCUT2D eigenvalue weighted by Gasteiger charge is -2.25. The van der Waals surface area contributed by atoms with Crippen molar-refractivity contribution in [2.24, 2.45) is 5.92 Å². The third-order valence-electron chi connectivity index (χ3n) is 4.20. The van der Waals surface area contributed by atoms with E-state index in [1.54, 1.807) is 0 Å². The fourth-order valence-corrected chi connectivity index (χ4v) is 2.45. The van der Waals surface area contributed by atoms with Gasteiger partial charge in [0.05, 0.1) is 18.1 Å². The van der Waals surface area contributed by atoms with Gasteiger partial charge in [-0.1, -0.05) is 50.6 Å². The molecule has 1 aromatic carbocycles. The predicted molar refractivity (Wildman–Crippen MR) is 75.8 cm³/mol. The summed E-state index contributed by atoms with van der Waals surface area (Å²) < 4.78 is 0. The maximum Gasteiger partial charge on any atom is 0.228 e. The van der Waals surface area contributed by atoms with Crippen LogP contribution in [-0.4, -0.2) is 23.2 Å². The monoisotopic (exact) mass is 261 g/mol. The largest absolute Gasteiger partial charge is 0.394 e. The highest BCUT2D eigenvalue weighted by Crippen LogP contribution is 2.36. The van der Waals surface area contributed by atoms with Gasteiger partial charge in [-0.2, -0.15) is 0 Å². The molecule has 1 amide bonds. The average molecular weight is 261 g/mol. The summed E-state index contributed by atoms with van der Waals surface area (Å²) in [6.45, 7) is 4.25. The Morgan fingerprint density at radius 1 is 1.37 bits per heavy atom. The van der Waals surface area contributed by atoms with Crippen molar-refractivity contribution >= 4 is 5.91 Å². The standard InChI is InChI=1S/C16H23NO2/c1-3-12(2)14(13-7-5-4-6-8-13)15(19)17-16(11-18)9-10-16/h4-8,12,14,18H,3,9-11H2,1-2H3,(H,17,19). The van der Waals surface area contributed by atoms with Crippen molar-refractivity contribution in [2.45, 2.75) is 44.6 Å².